The third kappa shape index (κ3) is 3.91. The zero-order valence-electron chi connectivity index (χ0n) is 15.8. The molecule has 0 radical (unpaired) electrons. The van der Waals surface area contributed by atoms with Gasteiger partial charge in [-0.2, -0.15) is 4.98 Å². The number of nitrogens with zero attached hydrogens (tertiary/aromatic N) is 4. The molecule has 0 bridgehead atoms. The number of aromatic nitrogens is 2. The van der Waals surface area contributed by atoms with Gasteiger partial charge in [-0.1, -0.05) is 0 Å². The minimum atomic E-state index is 0.498. The summed E-state index contributed by atoms with van der Waals surface area (Å²) in [4.78, 5) is 14.7. The summed E-state index contributed by atoms with van der Waals surface area (Å²) >= 11 is 2.41. The number of piperidine rings is 2. The van der Waals surface area contributed by atoms with Crippen molar-refractivity contribution in [2.75, 3.05) is 43.4 Å². The van der Waals surface area contributed by atoms with Crippen LogP contribution in [0.15, 0.2) is 12.1 Å². The average molecular weight is 465 g/mol. The number of benzene rings is 1. The molecule has 0 spiro atoms. The first-order valence-electron chi connectivity index (χ1n) is 9.78. The molecular weight excluding hydrogens is 437 g/mol. The van der Waals surface area contributed by atoms with E-state index in [9.17, 15) is 0 Å². The Morgan fingerprint density at radius 2 is 1.77 bits per heavy atom. The molecule has 0 amide bonds. The van der Waals surface area contributed by atoms with Crippen molar-refractivity contribution in [3.63, 3.8) is 0 Å². The SMILES string of the molecule is Cc1cc2c(NC3CCN(C)CC3)nc(N3CCCCC3)nc2cc1I. The van der Waals surface area contributed by atoms with Crippen molar-refractivity contribution in [2.24, 2.45) is 0 Å². The molecule has 1 aromatic carbocycles. The number of halogens is 1. The van der Waals surface area contributed by atoms with E-state index < -0.39 is 0 Å². The Hall–Kier alpha value is -1.15. The van der Waals surface area contributed by atoms with Crippen molar-refractivity contribution in [3.05, 3.63) is 21.3 Å². The molecule has 5 nitrogen and oxygen atoms in total. The van der Waals surface area contributed by atoms with Crippen LogP contribution in [0.4, 0.5) is 11.8 Å². The van der Waals surface area contributed by atoms with Crippen molar-refractivity contribution in [1.29, 1.82) is 0 Å². The quantitative estimate of drug-likeness (QED) is 0.694. The lowest BCUT2D eigenvalue weighted by Gasteiger charge is -2.31. The normalized spacial score (nSPS) is 19.9. The molecule has 2 aliphatic rings. The van der Waals surface area contributed by atoms with Crippen LogP contribution < -0.4 is 10.2 Å². The van der Waals surface area contributed by atoms with Gasteiger partial charge in [0, 0.05) is 28.1 Å². The van der Waals surface area contributed by atoms with E-state index in [2.05, 4.69) is 63.8 Å². The van der Waals surface area contributed by atoms with E-state index in [0.29, 0.717) is 6.04 Å². The molecule has 0 atom stereocenters. The predicted octanol–water partition coefficient (Wildman–Crippen LogP) is 4.04. The highest BCUT2D eigenvalue weighted by atomic mass is 127. The molecule has 2 aliphatic heterocycles. The number of rotatable bonds is 3. The summed E-state index contributed by atoms with van der Waals surface area (Å²) < 4.78 is 1.27. The van der Waals surface area contributed by atoms with Crippen LogP contribution in [0, 0.1) is 10.5 Å². The van der Waals surface area contributed by atoms with E-state index >= 15 is 0 Å². The number of hydrogen-bond donors (Lipinski definition) is 1. The second-order valence-electron chi connectivity index (χ2n) is 7.76. The lowest BCUT2D eigenvalue weighted by molar-refractivity contribution is 0.264. The van der Waals surface area contributed by atoms with Gasteiger partial charge in [-0.3, -0.25) is 0 Å². The van der Waals surface area contributed by atoms with Crippen LogP contribution in [0.25, 0.3) is 10.9 Å². The standard InChI is InChI=1S/C20H28IN5/c1-14-12-16-18(13-17(14)21)23-20(26-8-4-3-5-9-26)24-19(16)22-15-6-10-25(2)11-7-15/h12-13,15H,3-11H2,1-2H3,(H,22,23,24). The molecule has 0 aliphatic carbocycles. The fraction of sp³-hybridized carbons (Fsp3) is 0.600. The number of aryl methyl sites for hydroxylation is 1. The molecule has 26 heavy (non-hydrogen) atoms. The summed E-state index contributed by atoms with van der Waals surface area (Å²) in [6, 6.07) is 4.95. The van der Waals surface area contributed by atoms with Gasteiger partial charge in [0.1, 0.15) is 5.82 Å². The molecule has 2 fully saturated rings. The number of hydrogen-bond acceptors (Lipinski definition) is 5. The van der Waals surface area contributed by atoms with Gasteiger partial charge < -0.3 is 15.1 Å². The third-order valence-electron chi connectivity index (χ3n) is 5.66. The van der Waals surface area contributed by atoms with E-state index in [4.69, 9.17) is 9.97 Å². The highest BCUT2D eigenvalue weighted by Gasteiger charge is 2.21. The molecule has 2 saturated heterocycles. The predicted molar refractivity (Wildman–Crippen MR) is 117 cm³/mol. The zero-order valence-corrected chi connectivity index (χ0v) is 17.9. The molecule has 3 heterocycles. The Morgan fingerprint density at radius 3 is 2.50 bits per heavy atom. The first-order valence-corrected chi connectivity index (χ1v) is 10.9. The second-order valence-corrected chi connectivity index (χ2v) is 8.92. The van der Waals surface area contributed by atoms with Gasteiger partial charge in [0.05, 0.1) is 5.52 Å². The number of nitrogens with one attached hydrogen (secondary N) is 1. The van der Waals surface area contributed by atoms with Crippen molar-refractivity contribution in [2.45, 2.75) is 45.1 Å². The summed E-state index contributed by atoms with van der Waals surface area (Å²) in [6.45, 7) is 6.61. The molecule has 0 unspecified atom stereocenters. The Balaban J connectivity index is 1.71. The summed E-state index contributed by atoms with van der Waals surface area (Å²) in [5.74, 6) is 1.91. The average Bonchev–Trinajstić information content (AvgIpc) is 2.65. The van der Waals surface area contributed by atoms with Gasteiger partial charge in [0.25, 0.3) is 0 Å². The fourth-order valence-electron chi connectivity index (χ4n) is 3.94. The summed E-state index contributed by atoms with van der Waals surface area (Å²) in [5, 5.41) is 4.92. The lowest BCUT2D eigenvalue weighted by atomic mass is 10.1. The largest absolute Gasteiger partial charge is 0.367 e. The van der Waals surface area contributed by atoms with Gasteiger partial charge in [0.15, 0.2) is 0 Å². The maximum absolute atomic E-state index is 5.00. The van der Waals surface area contributed by atoms with E-state index in [0.717, 1.165) is 48.8 Å². The molecule has 1 aromatic heterocycles. The summed E-state index contributed by atoms with van der Waals surface area (Å²) in [6.07, 6.45) is 6.14. The van der Waals surface area contributed by atoms with Crippen LogP contribution >= 0.6 is 22.6 Å². The smallest absolute Gasteiger partial charge is 0.227 e. The zero-order chi connectivity index (χ0) is 18.1. The van der Waals surface area contributed by atoms with Gasteiger partial charge in [-0.15, -0.1) is 0 Å². The Bertz CT molecular complexity index is 779. The minimum Gasteiger partial charge on any atom is -0.367 e. The van der Waals surface area contributed by atoms with Crippen LogP contribution in [-0.2, 0) is 0 Å². The number of likely N-dealkylation sites (tertiary alicyclic amines) is 1. The second kappa shape index (κ2) is 7.84. The van der Waals surface area contributed by atoms with Crippen molar-refractivity contribution in [3.8, 4) is 0 Å². The van der Waals surface area contributed by atoms with Crippen molar-refractivity contribution >= 4 is 45.3 Å². The number of anilines is 2. The Morgan fingerprint density at radius 1 is 1.04 bits per heavy atom. The molecule has 4 rings (SSSR count). The Labute approximate surface area is 169 Å². The Kier molecular flexibility index (Phi) is 5.50. The molecule has 6 heteroatoms. The van der Waals surface area contributed by atoms with E-state index in [1.54, 1.807) is 0 Å². The van der Waals surface area contributed by atoms with E-state index in [1.165, 1.54) is 41.2 Å². The first kappa shape index (κ1) is 18.2. The van der Waals surface area contributed by atoms with E-state index in [1.807, 2.05) is 0 Å². The van der Waals surface area contributed by atoms with Gasteiger partial charge >= 0.3 is 0 Å². The first-order chi connectivity index (χ1) is 12.6. The van der Waals surface area contributed by atoms with Crippen LogP contribution in [0.1, 0.15) is 37.7 Å². The van der Waals surface area contributed by atoms with Crippen LogP contribution in [0.3, 0.4) is 0 Å². The highest BCUT2D eigenvalue weighted by Crippen LogP contribution is 2.29. The summed E-state index contributed by atoms with van der Waals surface area (Å²) in [5.41, 5.74) is 2.35. The maximum atomic E-state index is 5.00. The maximum Gasteiger partial charge on any atom is 0.227 e. The van der Waals surface area contributed by atoms with Crippen molar-refractivity contribution in [1.82, 2.24) is 14.9 Å². The lowest BCUT2D eigenvalue weighted by Crippen LogP contribution is -2.37. The minimum absolute atomic E-state index is 0.498. The van der Waals surface area contributed by atoms with Gasteiger partial charge in [0.2, 0.25) is 5.95 Å². The summed E-state index contributed by atoms with van der Waals surface area (Å²) in [7, 11) is 2.20. The van der Waals surface area contributed by atoms with E-state index in [-0.39, 0.29) is 0 Å². The van der Waals surface area contributed by atoms with Crippen LogP contribution in [0.2, 0.25) is 0 Å². The molecule has 140 valence electrons. The van der Waals surface area contributed by atoms with Gasteiger partial charge in [-0.05, 0) is 99.5 Å². The highest BCUT2D eigenvalue weighted by molar-refractivity contribution is 14.1. The van der Waals surface area contributed by atoms with Crippen LogP contribution in [0.5, 0.6) is 0 Å². The fourth-order valence-corrected chi connectivity index (χ4v) is 4.39. The topological polar surface area (TPSA) is 44.3 Å². The van der Waals surface area contributed by atoms with Crippen LogP contribution in [-0.4, -0.2) is 54.1 Å². The van der Waals surface area contributed by atoms with Gasteiger partial charge in [-0.25, -0.2) is 4.98 Å². The molecule has 0 saturated carbocycles. The number of fused-ring (bicyclic) bond motifs is 1. The molecular formula is C20H28IN5. The monoisotopic (exact) mass is 465 g/mol. The molecule has 2 aromatic rings. The third-order valence-corrected chi connectivity index (χ3v) is 6.82. The van der Waals surface area contributed by atoms with Crippen molar-refractivity contribution < 1.29 is 0 Å². The molecule has 1 N–H and O–H groups in total.